The van der Waals surface area contributed by atoms with Crippen molar-refractivity contribution in [1.82, 2.24) is 14.9 Å². The van der Waals surface area contributed by atoms with Crippen molar-refractivity contribution in [3.63, 3.8) is 0 Å². The summed E-state index contributed by atoms with van der Waals surface area (Å²) in [6.45, 7) is 8.50. The summed E-state index contributed by atoms with van der Waals surface area (Å²) in [5.41, 5.74) is 1.89. The molecule has 2 N–H and O–H groups in total. The van der Waals surface area contributed by atoms with Crippen molar-refractivity contribution in [3.05, 3.63) is 78.0 Å². The first kappa shape index (κ1) is 30.9. The molecule has 1 fully saturated rings. The molecule has 0 bridgehead atoms. The standard InChI is InChI=1S/C33H35F3N6O2/c1-3-41(4-2)16-7-15-37-32-38-21-25-19-23(11-13-27(25)40-32)22-8-5-9-24(18-22)31(44)39-28-20-26(33(34,35)36)12-14-29(28)42-17-6-10-30(42)43/h5,8-9,11-14,18-21H,3-4,6-7,10,15-17H2,1-2H3,(H,39,44)(H,37,38,40). The molecule has 4 aromatic rings. The maximum Gasteiger partial charge on any atom is 0.416 e. The topological polar surface area (TPSA) is 90.5 Å². The van der Waals surface area contributed by atoms with E-state index in [2.05, 4.69) is 39.3 Å². The van der Waals surface area contributed by atoms with E-state index in [0.717, 1.165) is 66.8 Å². The normalized spacial score (nSPS) is 13.6. The lowest BCUT2D eigenvalue weighted by Gasteiger charge is -2.21. The van der Waals surface area contributed by atoms with Gasteiger partial charge in [-0.05, 0) is 86.1 Å². The molecule has 2 heterocycles. The fourth-order valence-electron chi connectivity index (χ4n) is 5.33. The Labute approximate surface area is 254 Å². The van der Waals surface area contributed by atoms with Gasteiger partial charge in [-0.15, -0.1) is 0 Å². The first-order chi connectivity index (χ1) is 21.2. The van der Waals surface area contributed by atoms with Gasteiger partial charge in [0.1, 0.15) is 0 Å². The molecule has 0 radical (unpaired) electrons. The quantitative estimate of drug-likeness (QED) is 0.182. The van der Waals surface area contributed by atoms with Gasteiger partial charge in [0.2, 0.25) is 11.9 Å². The molecule has 0 spiro atoms. The Kier molecular flexibility index (Phi) is 9.43. The van der Waals surface area contributed by atoms with Gasteiger partial charge >= 0.3 is 6.18 Å². The Balaban J connectivity index is 1.33. The fourth-order valence-corrected chi connectivity index (χ4v) is 5.33. The van der Waals surface area contributed by atoms with Crippen LogP contribution in [0.1, 0.15) is 49.0 Å². The van der Waals surface area contributed by atoms with Crippen molar-refractivity contribution in [1.29, 1.82) is 0 Å². The third-order valence-corrected chi connectivity index (χ3v) is 7.80. The van der Waals surface area contributed by atoms with Crippen LogP contribution >= 0.6 is 0 Å². The molecule has 5 rings (SSSR count). The highest BCUT2D eigenvalue weighted by Crippen LogP contribution is 2.37. The van der Waals surface area contributed by atoms with Crippen LogP contribution in [0, 0.1) is 0 Å². The van der Waals surface area contributed by atoms with Crippen LogP contribution in [0.3, 0.4) is 0 Å². The molecule has 2 amide bonds. The number of alkyl halides is 3. The number of halogens is 3. The van der Waals surface area contributed by atoms with E-state index in [-0.39, 0.29) is 22.8 Å². The predicted octanol–water partition coefficient (Wildman–Crippen LogP) is 6.84. The highest BCUT2D eigenvalue weighted by atomic mass is 19.4. The zero-order valence-corrected chi connectivity index (χ0v) is 24.7. The van der Waals surface area contributed by atoms with Crippen LogP contribution < -0.4 is 15.5 Å². The van der Waals surface area contributed by atoms with Crippen molar-refractivity contribution in [3.8, 4) is 11.1 Å². The number of hydrogen-bond acceptors (Lipinski definition) is 6. The molecule has 230 valence electrons. The monoisotopic (exact) mass is 604 g/mol. The third kappa shape index (κ3) is 7.16. The first-order valence-electron chi connectivity index (χ1n) is 14.8. The van der Waals surface area contributed by atoms with Crippen LogP contribution in [0.15, 0.2) is 66.9 Å². The number of anilines is 3. The molecule has 3 aromatic carbocycles. The van der Waals surface area contributed by atoms with E-state index in [1.54, 1.807) is 24.4 Å². The molecule has 0 aliphatic carbocycles. The van der Waals surface area contributed by atoms with Gasteiger partial charge in [-0.1, -0.05) is 32.0 Å². The summed E-state index contributed by atoms with van der Waals surface area (Å²) in [4.78, 5) is 38.5. The lowest BCUT2D eigenvalue weighted by molar-refractivity contribution is -0.137. The number of hydrogen-bond donors (Lipinski definition) is 2. The Morgan fingerprint density at radius 1 is 1.02 bits per heavy atom. The molecule has 44 heavy (non-hydrogen) atoms. The summed E-state index contributed by atoms with van der Waals surface area (Å²) in [6.07, 6.45) is -0.959. The zero-order valence-electron chi connectivity index (χ0n) is 24.7. The molecule has 1 saturated heterocycles. The van der Waals surface area contributed by atoms with E-state index >= 15 is 0 Å². The minimum absolute atomic E-state index is 0.0641. The number of carbonyl (C=O) groups excluding carboxylic acids is 2. The highest BCUT2D eigenvalue weighted by Gasteiger charge is 2.33. The maximum absolute atomic E-state index is 13.5. The Morgan fingerprint density at radius 3 is 2.55 bits per heavy atom. The molecule has 0 unspecified atom stereocenters. The van der Waals surface area contributed by atoms with E-state index in [4.69, 9.17) is 0 Å². The molecule has 1 aromatic heterocycles. The van der Waals surface area contributed by atoms with Crippen molar-refractivity contribution >= 4 is 40.0 Å². The summed E-state index contributed by atoms with van der Waals surface area (Å²) >= 11 is 0. The average molecular weight is 605 g/mol. The second-order valence-electron chi connectivity index (χ2n) is 10.7. The second kappa shape index (κ2) is 13.4. The fraction of sp³-hybridized carbons (Fsp3) is 0.333. The van der Waals surface area contributed by atoms with Crippen LogP contribution in [0.5, 0.6) is 0 Å². The zero-order chi connectivity index (χ0) is 31.3. The molecular weight excluding hydrogens is 569 g/mol. The molecule has 0 saturated carbocycles. The van der Waals surface area contributed by atoms with Gasteiger partial charge in [-0.3, -0.25) is 9.59 Å². The van der Waals surface area contributed by atoms with Crippen LogP contribution in [-0.2, 0) is 11.0 Å². The van der Waals surface area contributed by atoms with Crippen LogP contribution in [-0.4, -0.2) is 59.4 Å². The SMILES string of the molecule is CCN(CC)CCCNc1ncc2cc(-c3cccc(C(=O)Nc4cc(C(F)(F)F)ccc4N4CCCC4=O)c3)ccc2n1. The van der Waals surface area contributed by atoms with Gasteiger partial charge in [0, 0.05) is 36.7 Å². The van der Waals surface area contributed by atoms with Gasteiger partial charge in [0.05, 0.1) is 22.5 Å². The molecular formula is C33H35F3N6O2. The van der Waals surface area contributed by atoms with Gasteiger partial charge in [0.25, 0.3) is 5.91 Å². The van der Waals surface area contributed by atoms with Gasteiger partial charge in [0.15, 0.2) is 0 Å². The van der Waals surface area contributed by atoms with Crippen molar-refractivity contribution < 1.29 is 22.8 Å². The third-order valence-electron chi connectivity index (χ3n) is 7.80. The van der Waals surface area contributed by atoms with Gasteiger partial charge in [-0.25, -0.2) is 9.97 Å². The maximum atomic E-state index is 13.5. The molecule has 11 heteroatoms. The van der Waals surface area contributed by atoms with E-state index in [0.29, 0.717) is 25.3 Å². The summed E-state index contributed by atoms with van der Waals surface area (Å²) < 4.78 is 40.5. The molecule has 1 aliphatic rings. The summed E-state index contributed by atoms with van der Waals surface area (Å²) in [5.74, 6) is -0.214. The van der Waals surface area contributed by atoms with Crippen LogP contribution in [0.2, 0.25) is 0 Å². The van der Waals surface area contributed by atoms with Crippen molar-refractivity contribution in [2.24, 2.45) is 0 Å². The number of aromatic nitrogens is 2. The first-order valence-corrected chi connectivity index (χ1v) is 14.8. The van der Waals surface area contributed by atoms with E-state index < -0.39 is 17.6 Å². The number of amides is 2. The summed E-state index contributed by atoms with van der Waals surface area (Å²) in [5, 5.41) is 6.74. The van der Waals surface area contributed by atoms with Crippen LogP contribution in [0.4, 0.5) is 30.5 Å². The number of benzene rings is 3. The minimum atomic E-state index is -4.60. The molecule has 1 aliphatic heterocycles. The predicted molar refractivity (Wildman–Crippen MR) is 167 cm³/mol. The molecule has 8 nitrogen and oxygen atoms in total. The average Bonchev–Trinajstić information content (AvgIpc) is 3.45. The van der Waals surface area contributed by atoms with Gasteiger partial charge in [-0.2, -0.15) is 13.2 Å². The minimum Gasteiger partial charge on any atom is -0.354 e. The van der Waals surface area contributed by atoms with Crippen LogP contribution in [0.25, 0.3) is 22.0 Å². The highest BCUT2D eigenvalue weighted by molar-refractivity contribution is 6.08. The lowest BCUT2D eigenvalue weighted by Crippen LogP contribution is -2.26. The van der Waals surface area contributed by atoms with E-state index in [1.807, 2.05) is 24.3 Å². The van der Waals surface area contributed by atoms with Crippen molar-refractivity contribution in [2.75, 3.05) is 48.3 Å². The Bertz CT molecular complexity index is 1650. The summed E-state index contributed by atoms with van der Waals surface area (Å²) in [6, 6.07) is 15.6. The number of nitrogens with zero attached hydrogens (tertiary/aromatic N) is 4. The lowest BCUT2D eigenvalue weighted by atomic mass is 10.0. The van der Waals surface area contributed by atoms with Gasteiger partial charge < -0.3 is 20.4 Å². The number of fused-ring (bicyclic) bond motifs is 1. The molecule has 0 atom stereocenters. The number of nitrogens with one attached hydrogen (secondary N) is 2. The van der Waals surface area contributed by atoms with Crippen molar-refractivity contribution in [2.45, 2.75) is 39.3 Å². The number of rotatable bonds is 11. The van der Waals surface area contributed by atoms with E-state index in [9.17, 15) is 22.8 Å². The second-order valence-corrected chi connectivity index (χ2v) is 10.7. The smallest absolute Gasteiger partial charge is 0.354 e. The number of carbonyl (C=O) groups is 2. The van der Waals surface area contributed by atoms with E-state index in [1.165, 1.54) is 11.0 Å². The summed E-state index contributed by atoms with van der Waals surface area (Å²) in [7, 11) is 0. The Hall–Kier alpha value is -4.51. The Morgan fingerprint density at radius 2 is 1.82 bits per heavy atom. The largest absolute Gasteiger partial charge is 0.416 e.